The van der Waals surface area contributed by atoms with Crippen molar-refractivity contribution in [1.29, 1.82) is 5.26 Å². The number of anilines is 1. The number of hydrogen-bond donors (Lipinski definition) is 0. The van der Waals surface area contributed by atoms with E-state index in [2.05, 4.69) is 41.0 Å². The Morgan fingerprint density at radius 3 is 2.41 bits per heavy atom. The van der Waals surface area contributed by atoms with Crippen LogP contribution < -0.4 is 4.90 Å². The number of amides is 2. The molecule has 44 heavy (non-hydrogen) atoms. The zero-order valence-electron chi connectivity index (χ0n) is 24.6. The van der Waals surface area contributed by atoms with Gasteiger partial charge in [-0.3, -0.25) is 29.0 Å². The maximum atomic E-state index is 13.4. The number of hydrogen-bond acceptors (Lipinski definition) is 7. The molecule has 3 aromatic rings. The summed E-state index contributed by atoms with van der Waals surface area (Å²) >= 11 is 6.43. The summed E-state index contributed by atoms with van der Waals surface area (Å²) in [6.07, 6.45) is 1.48. The van der Waals surface area contributed by atoms with E-state index in [4.69, 9.17) is 16.9 Å². The molecule has 0 bridgehead atoms. The first kappa shape index (κ1) is 29.7. The maximum absolute atomic E-state index is 13.4. The number of nitrogens with zero attached hydrogens (tertiary/aromatic N) is 4. The van der Waals surface area contributed by atoms with Gasteiger partial charge in [0.15, 0.2) is 5.78 Å². The van der Waals surface area contributed by atoms with E-state index in [0.29, 0.717) is 34.6 Å². The van der Waals surface area contributed by atoms with Crippen molar-refractivity contribution in [3.05, 3.63) is 98.6 Å². The molecule has 0 spiro atoms. The van der Waals surface area contributed by atoms with Crippen LogP contribution in [0.15, 0.2) is 54.6 Å². The molecule has 0 N–H and O–H groups in total. The highest BCUT2D eigenvalue weighted by Gasteiger charge is 2.45. The molecule has 2 heterocycles. The van der Waals surface area contributed by atoms with Crippen molar-refractivity contribution in [2.24, 2.45) is 0 Å². The second-order valence-corrected chi connectivity index (χ2v) is 12.3. The first-order valence-electron chi connectivity index (χ1n) is 15.0. The Balaban J connectivity index is 1.07. The third-order valence-corrected chi connectivity index (χ3v) is 9.36. The van der Waals surface area contributed by atoms with Crippen LogP contribution in [0.25, 0.3) is 0 Å². The van der Waals surface area contributed by atoms with Crippen molar-refractivity contribution in [2.45, 2.75) is 51.6 Å². The van der Waals surface area contributed by atoms with Crippen molar-refractivity contribution in [1.82, 2.24) is 9.80 Å². The van der Waals surface area contributed by atoms with Crippen LogP contribution in [0.1, 0.15) is 67.8 Å². The van der Waals surface area contributed by atoms with E-state index in [0.717, 1.165) is 54.4 Å². The quantitative estimate of drug-likeness (QED) is 0.277. The van der Waals surface area contributed by atoms with Gasteiger partial charge >= 0.3 is 0 Å². The predicted octanol–water partition coefficient (Wildman–Crippen LogP) is 4.91. The first-order valence-corrected chi connectivity index (χ1v) is 15.4. The second-order valence-electron chi connectivity index (χ2n) is 11.9. The number of carbonyl (C=O) groups is 4. The number of carbonyl (C=O) groups excluding carboxylic acids is 4. The van der Waals surface area contributed by atoms with Crippen LogP contribution in [0.3, 0.4) is 0 Å². The summed E-state index contributed by atoms with van der Waals surface area (Å²) in [6, 6.07) is 18.5. The molecule has 2 amide bonds. The largest absolute Gasteiger partial charge is 0.368 e. The van der Waals surface area contributed by atoms with Crippen molar-refractivity contribution in [3.8, 4) is 6.07 Å². The monoisotopic (exact) mass is 608 g/mol. The minimum atomic E-state index is -0.861. The number of piperazine rings is 1. The molecule has 2 aliphatic heterocycles. The average Bonchev–Trinajstić information content (AvgIpc) is 3.27. The van der Waals surface area contributed by atoms with Crippen LogP contribution in [0, 0.1) is 18.3 Å². The fourth-order valence-electron chi connectivity index (χ4n) is 6.59. The zero-order chi connectivity index (χ0) is 31.0. The number of benzene rings is 3. The molecule has 1 saturated heterocycles. The van der Waals surface area contributed by atoms with Gasteiger partial charge in [-0.1, -0.05) is 41.9 Å². The molecule has 1 aliphatic carbocycles. The molecule has 0 radical (unpaired) electrons. The van der Waals surface area contributed by atoms with Gasteiger partial charge in [0, 0.05) is 39.1 Å². The topological polar surface area (TPSA) is 102 Å². The predicted molar refractivity (Wildman–Crippen MR) is 167 cm³/mol. The molecule has 9 heteroatoms. The Bertz CT molecular complexity index is 1720. The summed E-state index contributed by atoms with van der Waals surface area (Å²) in [6.45, 7) is 6.50. The minimum Gasteiger partial charge on any atom is -0.368 e. The lowest BCUT2D eigenvalue weighted by molar-refractivity contribution is -0.132. The average molecular weight is 609 g/mol. The van der Waals surface area contributed by atoms with Gasteiger partial charge < -0.3 is 4.90 Å². The Hall–Kier alpha value is -4.32. The van der Waals surface area contributed by atoms with E-state index >= 15 is 0 Å². The van der Waals surface area contributed by atoms with Gasteiger partial charge in [0.05, 0.1) is 45.9 Å². The Kier molecular flexibility index (Phi) is 8.35. The molecular formula is C35H33ClN4O4. The lowest BCUT2D eigenvalue weighted by Crippen LogP contribution is -2.47. The highest BCUT2D eigenvalue weighted by atomic mass is 35.5. The Morgan fingerprint density at radius 1 is 0.909 bits per heavy atom. The number of nitriles is 1. The highest BCUT2D eigenvalue weighted by Crippen LogP contribution is 2.32. The smallest absolute Gasteiger partial charge is 0.262 e. The summed E-state index contributed by atoms with van der Waals surface area (Å²) in [7, 11) is 0. The summed E-state index contributed by atoms with van der Waals surface area (Å²) < 4.78 is 0. The van der Waals surface area contributed by atoms with Crippen LogP contribution in [0.4, 0.5) is 5.69 Å². The van der Waals surface area contributed by atoms with E-state index in [9.17, 15) is 19.2 Å². The maximum Gasteiger partial charge on any atom is 0.262 e. The fraction of sp³-hybridized carbons (Fsp3) is 0.343. The van der Waals surface area contributed by atoms with Crippen LogP contribution in [-0.2, 0) is 29.0 Å². The van der Waals surface area contributed by atoms with Crippen LogP contribution >= 0.6 is 11.6 Å². The van der Waals surface area contributed by atoms with Crippen molar-refractivity contribution >= 4 is 40.7 Å². The van der Waals surface area contributed by atoms with Crippen molar-refractivity contribution < 1.29 is 19.2 Å². The fourth-order valence-corrected chi connectivity index (χ4v) is 6.89. The van der Waals surface area contributed by atoms with Gasteiger partial charge in [0.1, 0.15) is 5.78 Å². The van der Waals surface area contributed by atoms with E-state index < -0.39 is 17.9 Å². The molecule has 6 rings (SSSR count). The van der Waals surface area contributed by atoms with Crippen molar-refractivity contribution in [3.63, 3.8) is 0 Å². The first-order chi connectivity index (χ1) is 21.2. The molecule has 3 aromatic carbocycles. The van der Waals surface area contributed by atoms with Gasteiger partial charge in [-0.25, -0.2) is 0 Å². The van der Waals surface area contributed by atoms with Crippen LogP contribution in [0.5, 0.6) is 0 Å². The molecule has 3 aliphatic rings. The molecule has 0 aromatic heterocycles. The second kappa shape index (κ2) is 12.4. The number of fused-ring (bicyclic) bond motifs is 1. The van der Waals surface area contributed by atoms with Crippen LogP contribution in [0.2, 0.25) is 5.02 Å². The van der Waals surface area contributed by atoms with E-state index in [1.807, 2.05) is 12.1 Å². The number of ketones is 2. The molecular weight excluding hydrogens is 576 g/mol. The van der Waals surface area contributed by atoms with Crippen molar-refractivity contribution in [2.75, 3.05) is 31.1 Å². The number of halogens is 1. The molecule has 8 nitrogen and oxygen atoms in total. The molecule has 1 atom stereocenters. The summed E-state index contributed by atoms with van der Waals surface area (Å²) in [5.41, 5.74) is 6.68. The molecule has 1 saturated carbocycles. The lowest BCUT2D eigenvalue weighted by atomic mass is 9.92. The van der Waals surface area contributed by atoms with Gasteiger partial charge in [-0.15, -0.1) is 0 Å². The van der Waals surface area contributed by atoms with Gasteiger partial charge in [-0.05, 0) is 72.7 Å². The number of Topliss-reactive ketones (excluding diaryl/α,β-unsaturated/α-hetero) is 2. The number of aryl methyl sites for hydroxylation is 3. The van der Waals surface area contributed by atoms with E-state index in [1.54, 1.807) is 24.3 Å². The number of imide groups is 1. The van der Waals surface area contributed by atoms with Gasteiger partial charge in [0.2, 0.25) is 0 Å². The van der Waals surface area contributed by atoms with Gasteiger partial charge in [0.25, 0.3) is 11.8 Å². The normalized spacial score (nSPS) is 19.0. The standard InChI is InChI=1S/C35H33ClN4O4/c1-22-17-23(6-9-26(22)21-38-13-15-39(16-14-38)30-11-7-24(20-37)18-29(30)36)5-8-25-3-2-4-28-33(25)35(44)40(34(28)43)31-12-10-27(41)19-32(31)42/h2-4,6-7,9,11,17-18,31H,5,8,10,12-16,19,21H2,1H3. The molecule has 2 fully saturated rings. The third-order valence-electron chi connectivity index (χ3n) is 9.06. The number of rotatable bonds is 7. The lowest BCUT2D eigenvalue weighted by Gasteiger charge is -2.36. The SMILES string of the molecule is Cc1cc(CCc2cccc3c2C(=O)N(C2CCC(=O)CC2=O)C3=O)ccc1CN1CCN(c2ccc(C#N)cc2Cl)CC1. The minimum absolute atomic E-state index is 0.141. The molecule has 224 valence electrons. The van der Waals surface area contributed by atoms with E-state index in [1.165, 1.54) is 11.1 Å². The van der Waals surface area contributed by atoms with Gasteiger partial charge in [-0.2, -0.15) is 5.26 Å². The summed E-state index contributed by atoms with van der Waals surface area (Å²) in [5.74, 6) is -1.37. The summed E-state index contributed by atoms with van der Waals surface area (Å²) in [5, 5.41) is 9.71. The Labute approximate surface area is 261 Å². The third kappa shape index (κ3) is 5.78. The summed E-state index contributed by atoms with van der Waals surface area (Å²) in [4.78, 5) is 56.6. The Morgan fingerprint density at radius 2 is 1.70 bits per heavy atom. The van der Waals surface area contributed by atoms with Crippen LogP contribution in [-0.4, -0.2) is 65.4 Å². The van der Waals surface area contributed by atoms with E-state index in [-0.39, 0.29) is 30.8 Å². The zero-order valence-corrected chi connectivity index (χ0v) is 25.4. The highest BCUT2D eigenvalue weighted by molar-refractivity contribution is 6.33. The molecule has 1 unspecified atom stereocenters.